The lowest BCUT2D eigenvalue weighted by Crippen LogP contribution is -2.28. The molecule has 0 amide bonds. The summed E-state index contributed by atoms with van der Waals surface area (Å²) in [5.74, 6) is 0. The number of rotatable bonds is 5. The molecule has 0 atom stereocenters. The molecule has 0 saturated carbocycles. The van der Waals surface area contributed by atoms with Crippen molar-refractivity contribution in [1.82, 2.24) is 4.72 Å². The fraction of sp³-hybridized carbons (Fsp3) is 0.455. The van der Waals surface area contributed by atoms with Crippen LogP contribution in [0.15, 0.2) is 23.1 Å². The summed E-state index contributed by atoms with van der Waals surface area (Å²) >= 11 is 0. The van der Waals surface area contributed by atoms with E-state index in [1.807, 2.05) is 4.72 Å². The van der Waals surface area contributed by atoms with Gasteiger partial charge in [0.1, 0.15) is 0 Å². The SMILES string of the molecule is CCc1ccc(N)cc1S(=O)(=O)NCCC(F)(F)F. The van der Waals surface area contributed by atoms with Crippen LogP contribution in [0.2, 0.25) is 0 Å². The first-order chi connectivity index (χ1) is 8.65. The van der Waals surface area contributed by atoms with Gasteiger partial charge in [0.05, 0.1) is 11.3 Å². The number of hydrogen-bond donors (Lipinski definition) is 2. The molecule has 0 spiro atoms. The van der Waals surface area contributed by atoms with Gasteiger partial charge in [-0.05, 0) is 24.1 Å². The van der Waals surface area contributed by atoms with E-state index in [4.69, 9.17) is 5.73 Å². The van der Waals surface area contributed by atoms with Crippen molar-refractivity contribution < 1.29 is 21.6 Å². The lowest BCUT2D eigenvalue weighted by Gasteiger charge is -2.12. The normalized spacial score (nSPS) is 12.6. The van der Waals surface area contributed by atoms with Gasteiger partial charge in [0.15, 0.2) is 0 Å². The molecule has 3 N–H and O–H groups in total. The summed E-state index contributed by atoms with van der Waals surface area (Å²) in [6, 6.07) is 4.34. The highest BCUT2D eigenvalue weighted by molar-refractivity contribution is 7.89. The molecule has 0 radical (unpaired) electrons. The van der Waals surface area contributed by atoms with Gasteiger partial charge in [-0.1, -0.05) is 13.0 Å². The molecule has 0 aliphatic rings. The van der Waals surface area contributed by atoms with Crippen LogP contribution in [0.3, 0.4) is 0 Å². The fourth-order valence-corrected chi connectivity index (χ4v) is 2.89. The largest absolute Gasteiger partial charge is 0.399 e. The molecular formula is C11H15F3N2O2S. The van der Waals surface area contributed by atoms with Crippen LogP contribution < -0.4 is 10.5 Å². The molecule has 0 saturated heterocycles. The summed E-state index contributed by atoms with van der Waals surface area (Å²) in [6.07, 6.45) is -5.17. The molecule has 0 unspecified atom stereocenters. The van der Waals surface area contributed by atoms with Gasteiger partial charge >= 0.3 is 6.18 Å². The fourth-order valence-electron chi connectivity index (χ4n) is 1.52. The number of sulfonamides is 1. The molecular weight excluding hydrogens is 281 g/mol. The Hall–Kier alpha value is -1.28. The third kappa shape index (κ3) is 4.71. The second kappa shape index (κ2) is 5.79. The van der Waals surface area contributed by atoms with Crippen molar-refractivity contribution in [2.75, 3.05) is 12.3 Å². The molecule has 0 aromatic heterocycles. The van der Waals surface area contributed by atoms with Crippen LogP contribution in [0.4, 0.5) is 18.9 Å². The summed E-state index contributed by atoms with van der Waals surface area (Å²) in [5.41, 5.74) is 6.26. The van der Waals surface area contributed by atoms with Gasteiger partial charge in [-0.25, -0.2) is 13.1 Å². The highest BCUT2D eigenvalue weighted by atomic mass is 32.2. The van der Waals surface area contributed by atoms with Crippen LogP contribution in [-0.2, 0) is 16.4 Å². The van der Waals surface area contributed by atoms with Crippen LogP contribution in [-0.4, -0.2) is 21.1 Å². The molecule has 0 aliphatic heterocycles. The second-order valence-electron chi connectivity index (χ2n) is 3.98. The van der Waals surface area contributed by atoms with Crippen LogP contribution in [0.1, 0.15) is 18.9 Å². The van der Waals surface area contributed by atoms with Crippen molar-refractivity contribution >= 4 is 15.7 Å². The molecule has 1 aromatic carbocycles. The van der Waals surface area contributed by atoms with Gasteiger partial charge in [0.2, 0.25) is 10.0 Å². The summed E-state index contributed by atoms with van der Waals surface area (Å²) in [4.78, 5) is -0.0721. The number of nitrogen functional groups attached to an aromatic ring is 1. The third-order valence-electron chi connectivity index (χ3n) is 2.46. The first-order valence-corrected chi connectivity index (χ1v) is 7.09. The molecule has 1 aromatic rings. The van der Waals surface area contributed by atoms with E-state index < -0.39 is 29.2 Å². The zero-order valence-electron chi connectivity index (χ0n) is 10.3. The van der Waals surface area contributed by atoms with Gasteiger partial charge < -0.3 is 5.73 Å². The van der Waals surface area contributed by atoms with E-state index in [0.29, 0.717) is 12.0 Å². The molecule has 0 aliphatic carbocycles. The van der Waals surface area contributed by atoms with Gasteiger partial charge in [-0.2, -0.15) is 13.2 Å². The van der Waals surface area contributed by atoms with Crippen molar-refractivity contribution in [3.05, 3.63) is 23.8 Å². The maximum atomic E-state index is 12.0. The number of hydrogen-bond acceptors (Lipinski definition) is 3. The van der Waals surface area contributed by atoms with Crippen molar-refractivity contribution in [3.8, 4) is 0 Å². The number of halogens is 3. The van der Waals surface area contributed by atoms with E-state index in [2.05, 4.69) is 0 Å². The Morgan fingerprint density at radius 1 is 1.32 bits per heavy atom. The van der Waals surface area contributed by atoms with E-state index >= 15 is 0 Å². The standard InChI is InChI=1S/C11H15F3N2O2S/c1-2-8-3-4-9(15)7-10(8)19(17,18)16-6-5-11(12,13)14/h3-4,7,16H,2,5-6,15H2,1H3. The summed E-state index contributed by atoms with van der Waals surface area (Å²) in [5, 5.41) is 0. The topological polar surface area (TPSA) is 72.2 Å². The Balaban J connectivity index is 2.91. The van der Waals surface area contributed by atoms with Gasteiger partial charge in [0.25, 0.3) is 0 Å². The van der Waals surface area contributed by atoms with Crippen molar-refractivity contribution in [2.24, 2.45) is 0 Å². The molecule has 4 nitrogen and oxygen atoms in total. The quantitative estimate of drug-likeness (QED) is 0.817. The van der Waals surface area contributed by atoms with Crippen LogP contribution >= 0.6 is 0 Å². The van der Waals surface area contributed by atoms with E-state index in [0.717, 1.165) is 0 Å². The van der Waals surface area contributed by atoms with E-state index in [1.165, 1.54) is 6.07 Å². The average Bonchev–Trinajstić information content (AvgIpc) is 2.27. The van der Waals surface area contributed by atoms with Crippen LogP contribution in [0.25, 0.3) is 0 Å². The van der Waals surface area contributed by atoms with E-state index in [9.17, 15) is 21.6 Å². The Labute approximate surface area is 109 Å². The molecule has 19 heavy (non-hydrogen) atoms. The zero-order chi connectivity index (χ0) is 14.7. The molecule has 0 fully saturated rings. The van der Waals surface area contributed by atoms with Crippen molar-refractivity contribution in [3.63, 3.8) is 0 Å². The van der Waals surface area contributed by atoms with Gasteiger partial charge in [-0.15, -0.1) is 0 Å². The smallest absolute Gasteiger partial charge is 0.390 e. The molecule has 0 bridgehead atoms. The average molecular weight is 296 g/mol. The number of alkyl halides is 3. The molecule has 0 heterocycles. The van der Waals surface area contributed by atoms with E-state index in [-0.39, 0.29) is 10.6 Å². The highest BCUT2D eigenvalue weighted by Gasteiger charge is 2.28. The van der Waals surface area contributed by atoms with Crippen molar-refractivity contribution in [2.45, 2.75) is 30.8 Å². The van der Waals surface area contributed by atoms with Gasteiger partial charge in [0, 0.05) is 12.2 Å². The Morgan fingerprint density at radius 2 is 1.95 bits per heavy atom. The first kappa shape index (κ1) is 15.8. The molecule has 108 valence electrons. The first-order valence-electron chi connectivity index (χ1n) is 5.60. The number of aryl methyl sites for hydroxylation is 1. The number of benzene rings is 1. The summed E-state index contributed by atoms with van der Waals surface area (Å²) < 4.78 is 61.7. The van der Waals surface area contributed by atoms with Crippen LogP contribution in [0, 0.1) is 0 Å². The molecule has 1 rings (SSSR count). The lowest BCUT2D eigenvalue weighted by molar-refractivity contribution is -0.132. The summed E-state index contributed by atoms with van der Waals surface area (Å²) in [6.45, 7) is 1.06. The Kier molecular flexibility index (Phi) is 4.81. The molecule has 8 heteroatoms. The second-order valence-corrected chi connectivity index (χ2v) is 5.72. The number of nitrogens with one attached hydrogen (secondary N) is 1. The summed E-state index contributed by atoms with van der Waals surface area (Å²) in [7, 11) is -3.98. The minimum absolute atomic E-state index is 0.0721. The monoisotopic (exact) mass is 296 g/mol. The third-order valence-corrected chi connectivity index (χ3v) is 4.01. The van der Waals surface area contributed by atoms with E-state index in [1.54, 1.807) is 19.1 Å². The van der Waals surface area contributed by atoms with Crippen LogP contribution in [0.5, 0.6) is 0 Å². The van der Waals surface area contributed by atoms with Crippen molar-refractivity contribution in [1.29, 1.82) is 0 Å². The predicted molar refractivity (Wildman–Crippen MR) is 66.1 cm³/mol. The minimum Gasteiger partial charge on any atom is -0.399 e. The Morgan fingerprint density at radius 3 is 2.47 bits per heavy atom. The highest BCUT2D eigenvalue weighted by Crippen LogP contribution is 2.21. The minimum atomic E-state index is -4.40. The number of anilines is 1. The maximum absolute atomic E-state index is 12.0. The zero-order valence-corrected chi connectivity index (χ0v) is 11.1. The predicted octanol–water partition coefficient (Wildman–Crippen LogP) is 2.06. The van der Waals surface area contributed by atoms with Gasteiger partial charge in [-0.3, -0.25) is 0 Å². The maximum Gasteiger partial charge on any atom is 0.390 e. The Bertz CT molecular complexity index is 541. The number of nitrogens with two attached hydrogens (primary N) is 1. The lowest BCUT2D eigenvalue weighted by atomic mass is 10.1.